The molecule has 4 aromatic rings. The van der Waals surface area contributed by atoms with Gasteiger partial charge in [0.2, 0.25) is 0 Å². The molecule has 0 unspecified atom stereocenters. The second-order valence-electron chi connectivity index (χ2n) is 4.09. The first-order chi connectivity index (χ1) is 7.84. The molecule has 0 atom stereocenters. The van der Waals surface area contributed by atoms with Crippen molar-refractivity contribution in [2.45, 2.75) is 0 Å². The predicted molar refractivity (Wildman–Crippen MR) is 68.6 cm³/mol. The van der Waals surface area contributed by atoms with Crippen LogP contribution in [0.2, 0.25) is 5.02 Å². The molecule has 4 rings (SSSR count). The average molecular weight is 226 g/mol. The Morgan fingerprint density at radius 1 is 0.938 bits per heavy atom. The van der Waals surface area contributed by atoms with Crippen LogP contribution in [0.25, 0.3) is 27.2 Å². The minimum atomic E-state index is 0.793. The summed E-state index contributed by atoms with van der Waals surface area (Å²) in [6.45, 7) is 0. The van der Waals surface area contributed by atoms with Crippen molar-refractivity contribution in [1.29, 1.82) is 0 Å². The minimum absolute atomic E-state index is 0.793. The van der Waals surface area contributed by atoms with E-state index in [-0.39, 0.29) is 0 Å². The average Bonchev–Trinajstić information content (AvgIpc) is 2.84. The standard InChI is InChI=1S/C14H8ClN/c15-10-4-5-13-12(8-10)11-3-1-2-9-6-7-16(13)14(9)11/h1-8H. The van der Waals surface area contributed by atoms with Crippen LogP contribution < -0.4 is 0 Å². The zero-order valence-corrected chi connectivity index (χ0v) is 9.20. The van der Waals surface area contributed by atoms with E-state index < -0.39 is 0 Å². The van der Waals surface area contributed by atoms with Crippen LogP contribution in [0.4, 0.5) is 0 Å². The van der Waals surface area contributed by atoms with Crippen LogP contribution in [0.15, 0.2) is 48.7 Å². The molecule has 0 spiro atoms. The second-order valence-corrected chi connectivity index (χ2v) is 4.53. The zero-order chi connectivity index (χ0) is 10.7. The molecule has 2 aromatic heterocycles. The molecule has 1 nitrogen and oxygen atoms in total. The molecule has 2 heteroatoms. The Morgan fingerprint density at radius 2 is 1.88 bits per heavy atom. The summed E-state index contributed by atoms with van der Waals surface area (Å²) in [5.41, 5.74) is 2.51. The molecule has 16 heavy (non-hydrogen) atoms. The first kappa shape index (κ1) is 8.43. The van der Waals surface area contributed by atoms with Crippen LogP contribution in [0.5, 0.6) is 0 Å². The first-order valence-electron chi connectivity index (χ1n) is 5.25. The van der Waals surface area contributed by atoms with Crippen LogP contribution >= 0.6 is 11.6 Å². The van der Waals surface area contributed by atoms with E-state index in [0.29, 0.717) is 0 Å². The van der Waals surface area contributed by atoms with Crippen molar-refractivity contribution in [2.24, 2.45) is 0 Å². The summed E-state index contributed by atoms with van der Waals surface area (Å²) in [7, 11) is 0. The highest BCUT2D eigenvalue weighted by Crippen LogP contribution is 2.33. The Balaban J connectivity index is 2.46. The van der Waals surface area contributed by atoms with E-state index in [2.05, 4.69) is 40.9 Å². The molecular formula is C14H8ClN. The Labute approximate surface area is 97.2 Å². The molecule has 2 aromatic carbocycles. The van der Waals surface area contributed by atoms with Crippen molar-refractivity contribution in [3.8, 4) is 0 Å². The molecule has 76 valence electrons. The molecule has 0 saturated carbocycles. The molecule has 0 fully saturated rings. The smallest absolute Gasteiger partial charge is 0.0607 e. The van der Waals surface area contributed by atoms with Gasteiger partial charge in [0.1, 0.15) is 0 Å². The molecule has 0 saturated heterocycles. The Kier molecular flexibility index (Phi) is 1.41. The van der Waals surface area contributed by atoms with Gasteiger partial charge in [-0.15, -0.1) is 0 Å². The lowest BCUT2D eigenvalue weighted by atomic mass is 10.1. The maximum Gasteiger partial charge on any atom is 0.0607 e. The normalized spacial score (nSPS) is 12.1. The van der Waals surface area contributed by atoms with Crippen LogP contribution in [0.1, 0.15) is 0 Å². The summed E-state index contributed by atoms with van der Waals surface area (Å²) in [5, 5.41) is 4.58. The fourth-order valence-electron chi connectivity index (χ4n) is 2.55. The molecule has 0 amide bonds. The quantitative estimate of drug-likeness (QED) is 0.419. The third-order valence-corrected chi connectivity index (χ3v) is 3.45. The molecule has 0 bridgehead atoms. The summed E-state index contributed by atoms with van der Waals surface area (Å²) in [5.74, 6) is 0. The Bertz CT molecular complexity index is 813. The third kappa shape index (κ3) is 0.872. The van der Waals surface area contributed by atoms with E-state index in [1.807, 2.05) is 12.1 Å². The van der Waals surface area contributed by atoms with Gasteiger partial charge in [0.05, 0.1) is 11.0 Å². The van der Waals surface area contributed by atoms with Crippen molar-refractivity contribution >= 4 is 38.8 Å². The number of nitrogens with zero attached hydrogens (tertiary/aromatic N) is 1. The van der Waals surface area contributed by atoms with Crippen LogP contribution in [0.3, 0.4) is 0 Å². The van der Waals surface area contributed by atoms with E-state index >= 15 is 0 Å². The number of fused-ring (bicyclic) bond motifs is 3. The van der Waals surface area contributed by atoms with Gasteiger partial charge >= 0.3 is 0 Å². The van der Waals surface area contributed by atoms with Crippen molar-refractivity contribution in [3.05, 3.63) is 53.7 Å². The van der Waals surface area contributed by atoms with Gasteiger partial charge in [-0.2, -0.15) is 0 Å². The number of para-hydroxylation sites is 1. The molecule has 0 radical (unpaired) electrons. The summed E-state index contributed by atoms with van der Waals surface area (Å²) < 4.78 is 2.23. The van der Waals surface area contributed by atoms with Gasteiger partial charge in [-0.1, -0.05) is 29.8 Å². The molecule has 2 heterocycles. The van der Waals surface area contributed by atoms with Gasteiger partial charge < -0.3 is 4.40 Å². The van der Waals surface area contributed by atoms with Crippen molar-refractivity contribution in [2.75, 3.05) is 0 Å². The summed E-state index contributed by atoms with van der Waals surface area (Å²) >= 11 is 6.06. The zero-order valence-electron chi connectivity index (χ0n) is 8.44. The lowest BCUT2D eigenvalue weighted by molar-refractivity contribution is 1.30. The molecular weight excluding hydrogens is 218 g/mol. The maximum absolute atomic E-state index is 6.06. The number of aromatic nitrogens is 1. The van der Waals surface area contributed by atoms with E-state index in [0.717, 1.165) is 5.02 Å². The second kappa shape index (κ2) is 2.69. The van der Waals surface area contributed by atoms with Gasteiger partial charge in [-0.05, 0) is 24.3 Å². The van der Waals surface area contributed by atoms with E-state index in [1.54, 1.807) is 0 Å². The maximum atomic E-state index is 6.06. The highest BCUT2D eigenvalue weighted by atomic mass is 35.5. The largest absolute Gasteiger partial charge is 0.315 e. The number of hydrogen-bond donors (Lipinski definition) is 0. The molecule has 0 aliphatic rings. The SMILES string of the molecule is Clc1ccc2c(c1)c1cccc3ccn2c31. The Morgan fingerprint density at radius 3 is 2.81 bits per heavy atom. The summed E-state index contributed by atoms with van der Waals surface area (Å²) in [6.07, 6.45) is 2.12. The lowest BCUT2D eigenvalue weighted by Crippen LogP contribution is -1.74. The number of hydrogen-bond acceptors (Lipinski definition) is 0. The predicted octanol–water partition coefficient (Wildman–Crippen LogP) is 4.34. The Hall–Kier alpha value is -1.73. The van der Waals surface area contributed by atoms with Gasteiger partial charge in [0, 0.05) is 27.4 Å². The minimum Gasteiger partial charge on any atom is -0.315 e. The van der Waals surface area contributed by atoms with Crippen LogP contribution in [-0.4, -0.2) is 4.40 Å². The van der Waals surface area contributed by atoms with Gasteiger partial charge in [-0.25, -0.2) is 0 Å². The number of halogens is 1. The fourth-order valence-corrected chi connectivity index (χ4v) is 2.72. The highest BCUT2D eigenvalue weighted by molar-refractivity contribution is 6.32. The first-order valence-corrected chi connectivity index (χ1v) is 5.63. The molecule has 0 aliphatic heterocycles. The van der Waals surface area contributed by atoms with Crippen LogP contribution in [-0.2, 0) is 0 Å². The number of rotatable bonds is 0. The molecule has 0 aliphatic carbocycles. The van der Waals surface area contributed by atoms with Crippen molar-refractivity contribution in [1.82, 2.24) is 4.40 Å². The monoisotopic (exact) mass is 225 g/mol. The summed E-state index contributed by atoms with van der Waals surface area (Å²) in [4.78, 5) is 0. The van der Waals surface area contributed by atoms with Gasteiger partial charge in [-0.3, -0.25) is 0 Å². The highest BCUT2D eigenvalue weighted by Gasteiger charge is 2.10. The van der Waals surface area contributed by atoms with Crippen LogP contribution in [0, 0.1) is 0 Å². The molecule has 0 N–H and O–H groups in total. The lowest BCUT2D eigenvalue weighted by Gasteiger charge is -1.93. The number of benzene rings is 2. The topological polar surface area (TPSA) is 4.41 Å². The summed E-state index contributed by atoms with van der Waals surface area (Å²) in [6, 6.07) is 14.6. The van der Waals surface area contributed by atoms with Crippen molar-refractivity contribution in [3.63, 3.8) is 0 Å². The fraction of sp³-hybridized carbons (Fsp3) is 0. The third-order valence-electron chi connectivity index (χ3n) is 3.22. The van der Waals surface area contributed by atoms with Crippen molar-refractivity contribution < 1.29 is 0 Å². The van der Waals surface area contributed by atoms with Gasteiger partial charge in [0.15, 0.2) is 0 Å². The van der Waals surface area contributed by atoms with E-state index in [9.17, 15) is 0 Å². The van der Waals surface area contributed by atoms with E-state index in [4.69, 9.17) is 11.6 Å². The van der Waals surface area contributed by atoms with Gasteiger partial charge in [0.25, 0.3) is 0 Å². The van der Waals surface area contributed by atoms with E-state index in [1.165, 1.54) is 27.2 Å².